The number of rotatable bonds is 18. The fraction of sp³-hybridized carbons (Fsp3) is 0.345. The second-order valence-electron chi connectivity index (χ2n) is 8.41. The maximum atomic E-state index is 9.00. The van der Waals surface area contributed by atoms with Gasteiger partial charge in [-0.2, -0.15) is 0 Å². The minimum Gasteiger partial charge on any atom is -0.481 e. The zero-order valence-corrected chi connectivity index (χ0v) is 22.2. The van der Waals surface area contributed by atoms with Gasteiger partial charge in [0.05, 0.1) is 0 Å². The standard InChI is InChI=1S/C27H36BN3O3.C2H4O2/c1-4-10-25(11-5-1)22-29-16-19-32-28(33-20-17-30-23-26-12-6-2-7-13-26)34-21-18-31-24-27-14-8-3-9-15-27;1-2(3)4/h1-15,29-31H,16-24H2;1H3,(H,3,4). The summed E-state index contributed by atoms with van der Waals surface area (Å²) in [7, 11) is -0.685. The molecule has 0 saturated heterocycles. The van der Waals surface area contributed by atoms with E-state index in [1.807, 2.05) is 54.6 Å². The first kappa shape index (κ1) is 31.2. The van der Waals surface area contributed by atoms with Crippen LogP contribution in [-0.4, -0.2) is 57.9 Å². The van der Waals surface area contributed by atoms with Crippen LogP contribution in [0.3, 0.4) is 0 Å². The van der Waals surface area contributed by atoms with E-state index in [9.17, 15) is 0 Å². The Bertz CT molecular complexity index is 846. The molecule has 0 atom stereocenters. The fourth-order valence-corrected chi connectivity index (χ4v) is 3.31. The first-order chi connectivity index (χ1) is 18.6. The van der Waals surface area contributed by atoms with Gasteiger partial charge in [0.1, 0.15) is 0 Å². The van der Waals surface area contributed by atoms with E-state index in [1.165, 1.54) is 16.7 Å². The lowest BCUT2D eigenvalue weighted by molar-refractivity contribution is -0.134. The largest absolute Gasteiger partial charge is 0.639 e. The number of aliphatic carboxylic acids is 1. The van der Waals surface area contributed by atoms with Crippen molar-refractivity contribution in [3.05, 3.63) is 108 Å². The van der Waals surface area contributed by atoms with Crippen molar-refractivity contribution in [2.24, 2.45) is 0 Å². The molecule has 4 N–H and O–H groups in total. The lowest BCUT2D eigenvalue weighted by Gasteiger charge is -2.16. The molecule has 204 valence electrons. The maximum Gasteiger partial charge on any atom is 0.639 e. The molecule has 3 aromatic carbocycles. The number of carboxylic acids is 1. The van der Waals surface area contributed by atoms with Crippen molar-refractivity contribution in [2.45, 2.75) is 26.6 Å². The summed E-state index contributed by atoms with van der Waals surface area (Å²) in [6.45, 7) is 7.19. The zero-order chi connectivity index (χ0) is 27.1. The molecule has 9 heteroatoms. The summed E-state index contributed by atoms with van der Waals surface area (Å²) >= 11 is 0. The molecule has 3 rings (SSSR count). The summed E-state index contributed by atoms with van der Waals surface area (Å²) in [5.41, 5.74) is 3.75. The minimum atomic E-state index is -0.833. The Hall–Kier alpha value is -3.05. The molecule has 0 aliphatic carbocycles. The number of carbonyl (C=O) groups is 1. The van der Waals surface area contributed by atoms with E-state index in [-0.39, 0.29) is 0 Å². The molecule has 0 radical (unpaired) electrons. The van der Waals surface area contributed by atoms with E-state index in [4.69, 9.17) is 23.9 Å². The first-order valence-corrected chi connectivity index (χ1v) is 12.9. The molecule has 0 aromatic heterocycles. The summed E-state index contributed by atoms with van der Waals surface area (Å²) < 4.78 is 17.5. The molecular formula is C29H40BN3O5. The van der Waals surface area contributed by atoms with Gasteiger partial charge in [-0.05, 0) is 16.7 Å². The quantitative estimate of drug-likeness (QED) is 0.149. The highest BCUT2D eigenvalue weighted by Crippen LogP contribution is 2.00. The van der Waals surface area contributed by atoms with Crippen LogP contribution in [0.1, 0.15) is 23.6 Å². The Labute approximate surface area is 226 Å². The normalized spacial score (nSPS) is 10.4. The van der Waals surface area contributed by atoms with Crippen LogP contribution >= 0.6 is 0 Å². The highest BCUT2D eigenvalue weighted by molar-refractivity contribution is 6.36. The van der Waals surface area contributed by atoms with Gasteiger partial charge in [-0.15, -0.1) is 0 Å². The van der Waals surface area contributed by atoms with Gasteiger partial charge in [0, 0.05) is 66.0 Å². The van der Waals surface area contributed by atoms with Crippen molar-refractivity contribution in [1.82, 2.24) is 16.0 Å². The highest BCUT2D eigenvalue weighted by Gasteiger charge is 2.20. The smallest absolute Gasteiger partial charge is 0.481 e. The Kier molecular flexibility index (Phi) is 17.2. The van der Waals surface area contributed by atoms with Gasteiger partial charge in [0.15, 0.2) is 0 Å². The van der Waals surface area contributed by atoms with Gasteiger partial charge in [0.2, 0.25) is 0 Å². The zero-order valence-electron chi connectivity index (χ0n) is 22.2. The molecule has 3 aromatic rings. The van der Waals surface area contributed by atoms with Gasteiger partial charge >= 0.3 is 7.32 Å². The third-order valence-corrected chi connectivity index (χ3v) is 5.11. The van der Waals surface area contributed by atoms with Gasteiger partial charge in [-0.3, -0.25) is 4.79 Å². The molecular weight excluding hydrogens is 481 g/mol. The topological polar surface area (TPSA) is 101 Å². The van der Waals surface area contributed by atoms with E-state index in [0.29, 0.717) is 19.8 Å². The third kappa shape index (κ3) is 16.7. The summed E-state index contributed by atoms with van der Waals surface area (Å²) in [5, 5.41) is 17.6. The lowest BCUT2D eigenvalue weighted by Crippen LogP contribution is -2.35. The number of benzene rings is 3. The second-order valence-corrected chi connectivity index (χ2v) is 8.41. The Morgan fingerprint density at radius 1 is 0.605 bits per heavy atom. The van der Waals surface area contributed by atoms with E-state index < -0.39 is 13.3 Å². The van der Waals surface area contributed by atoms with Gasteiger partial charge in [-0.25, -0.2) is 0 Å². The predicted molar refractivity (Wildman–Crippen MR) is 151 cm³/mol. The Morgan fingerprint density at radius 2 is 0.868 bits per heavy atom. The van der Waals surface area contributed by atoms with Gasteiger partial charge in [0.25, 0.3) is 5.97 Å². The average molecular weight is 521 g/mol. The average Bonchev–Trinajstić information content (AvgIpc) is 2.93. The fourth-order valence-electron chi connectivity index (χ4n) is 3.31. The lowest BCUT2D eigenvalue weighted by atomic mass is 10.2. The monoisotopic (exact) mass is 521 g/mol. The van der Waals surface area contributed by atoms with Crippen LogP contribution in [0, 0.1) is 0 Å². The third-order valence-electron chi connectivity index (χ3n) is 5.11. The Morgan fingerprint density at radius 3 is 1.13 bits per heavy atom. The maximum absolute atomic E-state index is 9.00. The number of nitrogens with one attached hydrogen (secondary N) is 3. The number of hydrogen-bond acceptors (Lipinski definition) is 7. The molecule has 0 aliphatic heterocycles. The summed E-state index contributed by atoms with van der Waals surface area (Å²) in [6, 6.07) is 31.0. The first-order valence-electron chi connectivity index (χ1n) is 12.9. The van der Waals surface area contributed by atoms with Gasteiger partial charge in [-0.1, -0.05) is 91.0 Å². The SMILES string of the molecule is CC(=O)O.c1ccc(CNCCOB(OCCNCc2ccccc2)OCCNCc2ccccc2)cc1. The van der Waals surface area contributed by atoms with E-state index in [0.717, 1.165) is 46.2 Å². The van der Waals surface area contributed by atoms with Crippen LogP contribution in [0.2, 0.25) is 0 Å². The second kappa shape index (κ2) is 20.9. The predicted octanol–water partition coefficient (Wildman–Crippen LogP) is 3.48. The van der Waals surface area contributed by atoms with Crippen LogP contribution in [-0.2, 0) is 38.4 Å². The van der Waals surface area contributed by atoms with Crippen LogP contribution in [0.15, 0.2) is 91.0 Å². The van der Waals surface area contributed by atoms with E-state index in [2.05, 4.69) is 52.3 Å². The van der Waals surface area contributed by atoms with Crippen LogP contribution in [0.25, 0.3) is 0 Å². The van der Waals surface area contributed by atoms with Crippen molar-refractivity contribution in [2.75, 3.05) is 39.5 Å². The summed E-state index contributed by atoms with van der Waals surface area (Å²) in [6.07, 6.45) is 0. The summed E-state index contributed by atoms with van der Waals surface area (Å²) in [5.74, 6) is -0.833. The minimum absolute atomic E-state index is 0.506. The molecule has 0 unspecified atom stereocenters. The van der Waals surface area contributed by atoms with Crippen molar-refractivity contribution in [3.8, 4) is 0 Å². The molecule has 0 aliphatic rings. The molecule has 8 nitrogen and oxygen atoms in total. The molecule has 0 heterocycles. The van der Waals surface area contributed by atoms with Crippen molar-refractivity contribution < 1.29 is 23.9 Å². The van der Waals surface area contributed by atoms with Crippen molar-refractivity contribution in [1.29, 1.82) is 0 Å². The molecule has 0 fully saturated rings. The van der Waals surface area contributed by atoms with Crippen LogP contribution < -0.4 is 16.0 Å². The molecule has 0 amide bonds. The summed E-state index contributed by atoms with van der Waals surface area (Å²) in [4.78, 5) is 9.00. The number of hydrogen-bond donors (Lipinski definition) is 4. The highest BCUT2D eigenvalue weighted by atomic mass is 16.7. The molecule has 38 heavy (non-hydrogen) atoms. The molecule has 0 saturated carbocycles. The van der Waals surface area contributed by atoms with Crippen LogP contribution in [0.4, 0.5) is 0 Å². The molecule has 0 bridgehead atoms. The van der Waals surface area contributed by atoms with Gasteiger partial charge < -0.3 is 35.0 Å². The molecule has 0 spiro atoms. The van der Waals surface area contributed by atoms with Crippen molar-refractivity contribution >= 4 is 13.3 Å². The Balaban J connectivity index is 0.00000118. The van der Waals surface area contributed by atoms with Crippen molar-refractivity contribution in [3.63, 3.8) is 0 Å². The van der Waals surface area contributed by atoms with E-state index in [1.54, 1.807) is 0 Å². The van der Waals surface area contributed by atoms with Crippen LogP contribution in [0.5, 0.6) is 0 Å². The van der Waals surface area contributed by atoms with E-state index >= 15 is 0 Å². The number of carboxylic acid groups (broad SMARTS) is 1.